The third kappa shape index (κ3) is 4.54. The number of nitrogens with zero attached hydrogens (tertiary/aromatic N) is 2. The molecule has 3 nitrogen and oxygen atoms in total. The average Bonchev–Trinajstić information content (AvgIpc) is 4.03. The third-order valence-electron chi connectivity index (χ3n) is 16.7. The first-order valence-electron chi connectivity index (χ1n) is 23.1. The highest BCUT2D eigenvalue weighted by Gasteiger charge is 2.62. The first-order chi connectivity index (χ1) is 30.9. The lowest BCUT2D eigenvalue weighted by Gasteiger charge is -2.61. The normalized spacial score (nSPS) is 23.3. The molecule has 302 valence electrons. The standard InChI is InChI=1S/C58H44N2OSSi/c1-63(2)50-19-11-8-14-40(50)45-30-47-44(31-51(45)63)39-21-20-35(29-46(39)58(47)36-25-32-24-33(27-36)28-37(58)26-32)38-22-23-43(52-42-16-7-10-18-49(42)62-56(38)52)54-55-53(41-15-6-9-17-48(41)61-55)59-57(60-54)34-12-4-3-5-13-34/h3-23,29-33,36-37H,24-28H2,1-2H3. The highest BCUT2D eigenvalue weighted by molar-refractivity contribution is 7.26. The molecular weight excluding hydrogens is 801 g/mol. The van der Waals surface area contributed by atoms with Crippen molar-refractivity contribution in [1.29, 1.82) is 0 Å². The first-order valence-corrected chi connectivity index (χ1v) is 26.9. The zero-order chi connectivity index (χ0) is 41.3. The van der Waals surface area contributed by atoms with Gasteiger partial charge in [0.15, 0.2) is 11.4 Å². The number of aromatic nitrogens is 2. The van der Waals surface area contributed by atoms with E-state index in [0.717, 1.165) is 50.7 Å². The van der Waals surface area contributed by atoms with Crippen molar-refractivity contribution in [3.8, 4) is 56.0 Å². The van der Waals surface area contributed by atoms with Crippen molar-refractivity contribution in [1.82, 2.24) is 9.97 Å². The van der Waals surface area contributed by atoms with Gasteiger partial charge in [-0.05, 0) is 141 Å². The van der Waals surface area contributed by atoms with Crippen molar-refractivity contribution in [2.75, 3.05) is 0 Å². The molecule has 0 N–H and O–H groups in total. The van der Waals surface area contributed by atoms with E-state index in [1.165, 1.54) is 85.7 Å². The molecule has 3 aromatic heterocycles. The van der Waals surface area contributed by atoms with Crippen LogP contribution >= 0.6 is 11.3 Å². The molecule has 1 spiro atoms. The maximum Gasteiger partial charge on any atom is 0.180 e. The van der Waals surface area contributed by atoms with Crippen molar-refractivity contribution < 1.29 is 4.42 Å². The van der Waals surface area contributed by atoms with E-state index in [1.54, 1.807) is 21.5 Å². The van der Waals surface area contributed by atoms with Crippen LogP contribution in [0.5, 0.6) is 0 Å². The van der Waals surface area contributed by atoms with Crippen LogP contribution in [-0.4, -0.2) is 18.0 Å². The van der Waals surface area contributed by atoms with Gasteiger partial charge in [0.05, 0.1) is 0 Å². The Balaban J connectivity index is 0.973. The van der Waals surface area contributed by atoms with Gasteiger partial charge in [0.2, 0.25) is 0 Å². The molecule has 5 aliphatic carbocycles. The lowest BCUT2D eigenvalue weighted by atomic mass is 9.43. The smallest absolute Gasteiger partial charge is 0.180 e. The molecule has 4 saturated carbocycles. The summed E-state index contributed by atoms with van der Waals surface area (Å²) in [5, 5.41) is 6.73. The summed E-state index contributed by atoms with van der Waals surface area (Å²) in [6, 6.07) is 54.8. The number of benzene rings is 7. The molecule has 4 heterocycles. The summed E-state index contributed by atoms with van der Waals surface area (Å²) < 4.78 is 9.30. The lowest BCUT2D eigenvalue weighted by Crippen LogP contribution is -2.55. The summed E-state index contributed by atoms with van der Waals surface area (Å²) in [6.45, 7) is 5.15. The van der Waals surface area contributed by atoms with E-state index >= 15 is 0 Å². The van der Waals surface area contributed by atoms with Crippen LogP contribution < -0.4 is 10.4 Å². The minimum Gasteiger partial charge on any atom is -0.452 e. The molecule has 63 heavy (non-hydrogen) atoms. The Hall–Kier alpha value is -6.14. The Labute approximate surface area is 371 Å². The SMILES string of the molecule is C[Si]1(C)c2ccccc2-c2cc3c(cc21)-c1ccc(-c2ccc(-c4nc(-c5ccccc5)nc5c4oc4ccccc45)c4c2sc2ccccc24)cc1C31C2CC3CC(C2)CC1C3. The molecule has 0 amide bonds. The second kappa shape index (κ2) is 12.3. The quantitative estimate of drug-likeness (QED) is 0.166. The summed E-state index contributed by atoms with van der Waals surface area (Å²) >= 11 is 1.91. The highest BCUT2D eigenvalue weighted by atomic mass is 32.1. The highest BCUT2D eigenvalue weighted by Crippen LogP contribution is 2.70. The molecule has 4 bridgehead atoms. The Bertz CT molecular complexity index is 3610. The van der Waals surface area contributed by atoms with Gasteiger partial charge in [0.1, 0.15) is 24.9 Å². The van der Waals surface area contributed by atoms with Crippen LogP contribution in [0.1, 0.15) is 43.2 Å². The van der Waals surface area contributed by atoms with Gasteiger partial charge in [-0.15, -0.1) is 11.3 Å². The molecule has 0 unspecified atom stereocenters. The van der Waals surface area contributed by atoms with E-state index in [9.17, 15) is 0 Å². The van der Waals surface area contributed by atoms with Gasteiger partial charge in [-0.1, -0.05) is 128 Å². The summed E-state index contributed by atoms with van der Waals surface area (Å²) in [4.78, 5) is 10.6. The lowest BCUT2D eigenvalue weighted by molar-refractivity contribution is -0.0399. The zero-order valence-electron chi connectivity index (χ0n) is 35.4. The maximum atomic E-state index is 6.72. The van der Waals surface area contributed by atoms with Gasteiger partial charge in [-0.2, -0.15) is 0 Å². The predicted octanol–water partition coefficient (Wildman–Crippen LogP) is 14.3. The van der Waals surface area contributed by atoms with Gasteiger partial charge in [0.25, 0.3) is 0 Å². The summed E-state index contributed by atoms with van der Waals surface area (Å²) in [5.74, 6) is 3.88. The van der Waals surface area contributed by atoms with Crippen molar-refractivity contribution in [3.63, 3.8) is 0 Å². The van der Waals surface area contributed by atoms with Crippen molar-refractivity contribution >= 4 is 72.0 Å². The number of fused-ring (bicyclic) bond motifs is 12. The van der Waals surface area contributed by atoms with E-state index in [4.69, 9.17) is 14.4 Å². The molecule has 5 heteroatoms. The Kier molecular flexibility index (Phi) is 6.90. The van der Waals surface area contributed by atoms with E-state index < -0.39 is 8.07 Å². The molecule has 0 radical (unpaired) electrons. The summed E-state index contributed by atoms with van der Waals surface area (Å²) in [7, 11) is -1.85. The fraction of sp³-hybridized carbons (Fsp3) is 0.207. The van der Waals surface area contributed by atoms with Crippen LogP contribution in [0.15, 0.2) is 150 Å². The van der Waals surface area contributed by atoms with Crippen LogP contribution in [0.3, 0.4) is 0 Å². The molecular formula is C58H44N2OSSi. The number of rotatable bonds is 3. The average molecular weight is 845 g/mol. The van der Waals surface area contributed by atoms with Gasteiger partial charge in [-0.3, -0.25) is 0 Å². The first kappa shape index (κ1) is 35.3. The minimum absolute atomic E-state index is 0.0628. The fourth-order valence-corrected chi connectivity index (χ4v) is 18.6. The van der Waals surface area contributed by atoms with E-state index in [-0.39, 0.29) is 5.41 Å². The molecule has 1 aliphatic heterocycles. The van der Waals surface area contributed by atoms with Crippen molar-refractivity contribution in [2.24, 2.45) is 23.7 Å². The van der Waals surface area contributed by atoms with Gasteiger partial charge < -0.3 is 4.42 Å². The molecule has 16 rings (SSSR count). The number of hydrogen-bond acceptors (Lipinski definition) is 4. The number of thiophene rings is 1. The largest absolute Gasteiger partial charge is 0.452 e. The van der Waals surface area contributed by atoms with Gasteiger partial charge in [-0.25, -0.2) is 9.97 Å². The van der Waals surface area contributed by atoms with E-state index in [1.807, 2.05) is 29.5 Å². The number of furan rings is 1. The Morgan fingerprint density at radius 3 is 2.10 bits per heavy atom. The molecule has 6 aliphatic rings. The van der Waals surface area contributed by atoms with Crippen LogP contribution in [0.2, 0.25) is 13.1 Å². The molecule has 0 saturated heterocycles. The second-order valence-corrected chi connectivity index (χ2v) is 25.4. The van der Waals surface area contributed by atoms with Crippen LogP contribution in [-0.2, 0) is 5.41 Å². The third-order valence-corrected chi connectivity index (χ3v) is 21.4. The monoisotopic (exact) mass is 844 g/mol. The van der Waals surface area contributed by atoms with Gasteiger partial charge in [0, 0.05) is 42.1 Å². The summed E-state index contributed by atoms with van der Waals surface area (Å²) in [5.41, 5.74) is 17.4. The Morgan fingerprint density at radius 2 is 1.25 bits per heavy atom. The summed E-state index contributed by atoms with van der Waals surface area (Å²) in [6.07, 6.45) is 6.95. The number of para-hydroxylation sites is 1. The topological polar surface area (TPSA) is 38.9 Å². The van der Waals surface area contributed by atoms with Crippen LogP contribution in [0.4, 0.5) is 0 Å². The number of hydrogen-bond donors (Lipinski definition) is 0. The zero-order valence-corrected chi connectivity index (χ0v) is 37.2. The van der Waals surface area contributed by atoms with Crippen molar-refractivity contribution in [3.05, 3.63) is 157 Å². The van der Waals surface area contributed by atoms with E-state index in [2.05, 4.69) is 140 Å². The minimum atomic E-state index is -1.85. The molecule has 0 atom stereocenters. The van der Waals surface area contributed by atoms with E-state index in [0.29, 0.717) is 17.7 Å². The van der Waals surface area contributed by atoms with Crippen molar-refractivity contribution in [2.45, 2.75) is 50.6 Å². The maximum absolute atomic E-state index is 6.72. The second-order valence-electron chi connectivity index (χ2n) is 20.0. The fourth-order valence-electron chi connectivity index (χ4n) is 14.3. The molecule has 10 aromatic rings. The van der Waals surface area contributed by atoms with Crippen LogP contribution in [0, 0.1) is 23.7 Å². The van der Waals surface area contributed by atoms with Gasteiger partial charge >= 0.3 is 0 Å². The predicted molar refractivity (Wildman–Crippen MR) is 264 cm³/mol. The van der Waals surface area contributed by atoms with Crippen LogP contribution in [0.25, 0.3) is 98.3 Å². The molecule has 4 fully saturated rings. The molecule has 7 aromatic carbocycles. The Morgan fingerprint density at radius 1 is 0.556 bits per heavy atom.